The van der Waals surface area contributed by atoms with Gasteiger partial charge in [-0.1, -0.05) is 30.0 Å². The lowest BCUT2D eigenvalue weighted by Gasteiger charge is -2.37. The van der Waals surface area contributed by atoms with E-state index in [1.807, 2.05) is 36.4 Å². The Morgan fingerprint density at radius 2 is 2.27 bits per heavy atom. The number of likely N-dealkylation sites (N-methyl/N-ethyl adjacent to an activating group) is 1. The minimum atomic E-state index is -0.158. The molecule has 26 heavy (non-hydrogen) atoms. The molecule has 0 saturated carbocycles. The highest BCUT2D eigenvalue weighted by atomic mass is 32.2. The Kier molecular flexibility index (Phi) is 6.67. The third-order valence-corrected chi connectivity index (χ3v) is 6.81. The number of likely N-dealkylation sites (tertiary alicyclic amines) is 1. The van der Waals surface area contributed by atoms with Gasteiger partial charge in [-0.2, -0.15) is 0 Å². The summed E-state index contributed by atoms with van der Waals surface area (Å²) in [6, 6.07) is 7.10. The number of hydrogen-bond donors (Lipinski definition) is 0. The highest BCUT2D eigenvalue weighted by Crippen LogP contribution is 2.24. The molecule has 0 unspecified atom stereocenters. The quantitative estimate of drug-likeness (QED) is 0.700. The fourth-order valence-electron chi connectivity index (χ4n) is 3.19. The van der Waals surface area contributed by atoms with Crippen molar-refractivity contribution in [2.75, 3.05) is 25.9 Å². The molecule has 1 amide bonds. The lowest BCUT2D eigenvalue weighted by Crippen LogP contribution is -2.48. The summed E-state index contributed by atoms with van der Waals surface area (Å²) in [5.41, 5.74) is 1.71. The van der Waals surface area contributed by atoms with Crippen LogP contribution in [0.5, 0.6) is 0 Å². The van der Waals surface area contributed by atoms with Gasteiger partial charge in [0.25, 0.3) is 0 Å². The number of halogens is 1. The fourth-order valence-corrected chi connectivity index (χ4v) is 4.96. The molecule has 140 valence electrons. The number of amides is 1. The molecule has 0 radical (unpaired) electrons. The van der Waals surface area contributed by atoms with Gasteiger partial charge < -0.3 is 4.90 Å². The minimum absolute atomic E-state index is 0.126. The van der Waals surface area contributed by atoms with Gasteiger partial charge in [-0.3, -0.25) is 9.69 Å². The Labute approximate surface area is 162 Å². The summed E-state index contributed by atoms with van der Waals surface area (Å²) in [4.78, 5) is 21.0. The molecule has 1 aromatic carbocycles. The van der Waals surface area contributed by atoms with E-state index >= 15 is 0 Å². The van der Waals surface area contributed by atoms with Crippen LogP contribution in [0.4, 0.5) is 4.39 Å². The van der Waals surface area contributed by atoms with E-state index in [9.17, 15) is 9.18 Å². The molecule has 2 heterocycles. The van der Waals surface area contributed by atoms with Crippen LogP contribution in [0.2, 0.25) is 0 Å². The second kappa shape index (κ2) is 8.97. The van der Waals surface area contributed by atoms with Crippen LogP contribution in [0.3, 0.4) is 0 Å². The maximum absolute atomic E-state index is 13.9. The standard InChI is InChI=1S/C19H24FN3OS2/c1-14-12-25-19(21-14)26-13-18(24)22(2)16-7-5-9-23(11-16)10-15-6-3-4-8-17(15)20/h3-4,6,8,12,16H,5,7,9-11,13H2,1-2H3/t16-/m0/s1. The third-order valence-electron chi connectivity index (χ3n) is 4.69. The highest BCUT2D eigenvalue weighted by Gasteiger charge is 2.26. The highest BCUT2D eigenvalue weighted by molar-refractivity contribution is 8.01. The first kappa shape index (κ1) is 19.3. The molecule has 0 spiro atoms. The van der Waals surface area contributed by atoms with Crippen LogP contribution in [0, 0.1) is 12.7 Å². The summed E-state index contributed by atoms with van der Waals surface area (Å²) in [7, 11) is 1.88. The number of rotatable bonds is 6. The third kappa shape index (κ3) is 5.05. The molecule has 0 bridgehead atoms. The van der Waals surface area contributed by atoms with E-state index in [-0.39, 0.29) is 17.8 Å². The van der Waals surface area contributed by atoms with Crippen molar-refractivity contribution in [3.63, 3.8) is 0 Å². The van der Waals surface area contributed by atoms with Gasteiger partial charge in [0, 0.05) is 42.8 Å². The molecule has 1 atom stereocenters. The van der Waals surface area contributed by atoms with Gasteiger partial charge in [-0.05, 0) is 32.4 Å². The molecule has 1 fully saturated rings. The molecule has 7 heteroatoms. The average Bonchev–Trinajstić information content (AvgIpc) is 3.06. The van der Waals surface area contributed by atoms with Crippen molar-refractivity contribution in [1.82, 2.24) is 14.8 Å². The first-order chi connectivity index (χ1) is 12.5. The Morgan fingerprint density at radius 1 is 1.46 bits per heavy atom. The van der Waals surface area contributed by atoms with Crippen LogP contribution in [-0.2, 0) is 11.3 Å². The second-order valence-electron chi connectivity index (χ2n) is 6.67. The predicted octanol–water partition coefficient (Wildman–Crippen LogP) is 3.81. The molecule has 2 aromatic rings. The lowest BCUT2D eigenvalue weighted by atomic mass is 10.0. The smallest absolute Gasteiger partial charge is 0.233 e. The zero-order chi connectivity index (χ0) is 18.5. The van der Waals surface area contributed by atoms with E-state index < -0.39 is 0 Å². The van der Waals surface area contributed by atoms with E-state index in [0.717, 1.165) is 41.5 Å². The normalized spacial score (nSPS) is 18.0. The van der Waals surface area contributed by atoms with E-state index in [0.29, 0.717) is 12.3 Å². The van der Waals surface area contributed by atoms with Crippen LogP contribution in [0.1, 0.15) is 24.1 Å². The van der Waals surface area contributed by atoms with Crippen molar-refractivity contribution < 1.29 is 9.18 Å². The molecule has 1 aliphatic heterocycles. The number of aromatic nitrogens is 1. The number of carbonyl (C=O) groups is 1. The van der Waals surface area contributed by atoms with E-state index in [1.165, 1.54) is 17.8 Å². The summed E-state index contributed by atoms with van der Waals surface area (Å²) in [5.74, 6) is 0.377. The van der Waals surface area contributed by atoms with Crippen molar-refractivity contribution in [3.8, 4) is 0 Å². The summed E-state index contributed by atoms with van der Waals surface area (Å²) in [6.45, 7) is 4.29. The number of thioether (sulfide) groups is 1. The predicted molar refractivity (Wildman–Crippen MR) is 105 cm³/mol. The maximum Gasteiger partial charge on any atom is 0.233 e. The number of hydrogen-bond acceptors (Lipinski definition) is 5. The van der Waals surface area contributed by atoms with Crippen LogP contribution in [-0.4, -0.2) is 52.6 Å². The molecule has 1 saturated heterocycles. The van der Waals surface area contributed by atoms with Gasteiger partial charge in [0.15, 0.2) is 4.34 Å². The number of carbonyl (C=O) groups excluding carboxylic acids is 1. The number of benzene rings is 1. The first-order valence-electron chi connectivity index (χ1n) is 8.79. The van der Waals surface area contributed by atoms with Gasteiger partial charge in [0.1, 0.15) is 5.82 Å². The fraction of sp³-hybridized carbons (Fsp3) is 0.474. The van der Waals surface area contributed by atoms with Gasteiger partial charge in [0.2, 0.25) is 5.91 Å². The molecule has 0 aliphatic carbocycles. The van der Waals surface area contributed by atoms with Crippen LogP contribution in [0.15, 0.2) is 34.0 Å². The van der Waals surface area contributed by atoms with E-state index in [1.54, 1.807) is 17.4 Å². The van der Waals surface area contributed by atoms with Crippen LogP contribution < -0.4 is 0 Å². The summed E-state index contributed by atoms with van der Waals surface area (Å²) < 4.78 is 14.8. The number of piperidine rings is 1. The number of aryl methyl sites for hydroxylation is 1. The Bertz CT molecular complexity index is 752. The zero-order valence-electron chi connectivity index (χ0n) is 15.2. The molecule has 3 rings (SSSR count). The van der Waals surface area contributed by atoms with E-state index in [4.69, 9.17) is 0 Å². The van der Waals surface area contributed by atoms with Gasteiger partial charge in [0.05, 0.1) is 5.75 Å². The van der Waals surface area contributed by atoms with Crippen molar-refractivity contribution in [2.45, 2.75) is 36.7 Å². The van der Waals surface area contributed by atoms with Crippen LogP contribution in [0.25, 0.3) is 0 Å². The van der Waals surface area contributed by atoms with Crippen molar-refractivity contribution in [2.24, 2.45) is 0 Å². The van der Waals surface area contributed by atoms with Gasteiger partial charge in [-0.15, -0.1) is 11.3 Å². The van der Waals surface area contributed by atoms with E-state index in [2.05, 4.69) is 9.88 Å². The largest absolute Gasteiger partial charge is 0.341 e. The molecule has 1 aliphatic rings. The van der Waals surface area contributed by atoms with Gasteiger partial charge >= 0.3 is 0 Å². The topological polar surface area (TPSA) is 36.4 Å². The first-order valence-corrected chi connectivity index (χ1v) is 10.7. The summed E-state index contributed by atoms with van der Waals surface area (Å²) in [6.07, 6.45) is 2.02. The lowest BCUT2D eigenvalue weighted by molar-refractivity contribution is -0.130. The Balaban J connectivity index is 1.52. The van der Waals surface area contributed by atoms with Gasteiger partial charge in [-0.25, -0.2) is 9.37 Å². The van der Waals surface area contributed by atoms with Crippen molar-refractivity contribution >= 4 is 29.0 Å². The minimum Gasteiger partial charge on any atom is -0.341 e. The molecular formula is C19H24FN3OS2. The number of thiazole rings is 1. The van der Waals surface area contributed by atoms with Crippen molar-refractivity contribution in [3.05, 3.63) is 46.7 Å². The molecule has 0 N–H and O–H groups in total. The SMILES string of the molecule is Cc1csc(SCC(=O)N(C)[C@H]2CCCN(Cc3ccccc3F)C2)n1. The maximum atomic E-state index is 13.9. The second-order valence-corrected chi connectivity index (χ2v) is 8.75. The monoisotopic (exact) mass is 393 g/mol. The molecule has 1 aromatic heterocycles. The molecular weight excluding hydrogens is 369 g/mol. The molecule has 4 nitrogen and oxygen atoms in total. The Morgan fingerprint density at radius 3 is 3.00 bits per heavy atom. The Hall–Kier alpha value is -1.44. The number of nitrogens with zero attached hydrogens (tertiary/aromatic N) is 3. The van der Waals surface area contributed by atoms with Crippen LogP contribution >= 0.6 is 23.1 Å². The van der Waals surface area contributed by atoms with Crippen molar-refractivity contribution in [1.29, 1.82) is 0 Å². The summed E-state index contributed by atoms with van der Waals surface area (Å²) in [5, 5.41) is 2.00. The average molecular weight is 394 g/mol. The zero-order valence-corrected chi connectivity index (χ0v) is 16.8. The summed E-state index contributed by atoms with van der Waals surface area (Å²) >= 11 is 3.08.